The Hall–Kier alpha value is -1.55. The van der Waals surface area contributed by atoms with Gasteiger partial charge in [-0.1, -0.05) is 31.9 Å². The third kappa shape index (κ3) is 4.23. The summed E-state index contributed by atoms with van der Waals surface area (Å²) in [7, 11) is 0. The number of aliphatic hydroxyl groups is 1. The number of aromatic hydroxyl groups is 1. The lowest BCUT2D eigenvalue weighted by Gasteiger charge is -2.35. The van der Waals surface area contributed by atoms with Gasteiger partial charge in [-0.2, -0.15) is 0 Å². The maximum atomic E-state index is 11.9. The van der Waals surface area contributed by atoms with Gasteiger partial charge in [0.25, 0.3) is 0 Å². The van der Waals surface area contributed by atoms with Gasteiger partial charge in [-0.25, -0.2) is 0 Å². The number of hydrogen-bond donors (Lipinski definition) is 3. The summed E-state index contributed by atoms with van der Waals surface area (Å²) in [6, 6.07) is 6.68. The van der Waals surface area contributed by atoms with Gasteiger partial charge >= 0.3 is 0 Å². The van der Waals surface area contributed by atoms with Crippen LogP contribution in [0.2, 0.25) is 0 Å². The molecule has 1 saturated carbocycles. The zero-order valence-electron chi connectivity index (χ0n) is 11.9. The summed E-state index contributed by atoms with van der Waals surface area (Å²) in [5, 5.41) is 22.6. The molecular weight excluding hydrogens is 254 g/mol. The molecule has 1 amide bonds. The first-order chi connectivity index (χ1) is 9.47. The average Bonchev–Trinajstić information content (AvgIpc) is 2.36. The molecule has 2 atom stereocenters. The van der Waals surface area contributed by atoms with Crippen molar-refractivity contribution in [3.63, 3.8) is 0 Å². The molecule has 20 heavy (non-hydrogen) atoms. The number of benzene rings is 1. The molecule has 1 aromatic rings. The van der Waals surface area contributed by atoms with E-state index in [1.54, 1.807) is 24.3 Å². The minimum Gasteiger partial charge on any atom is -0.508 e. The number of amides is 1. The third-order valence-electron chi connectivity index (χ3n) is 3.96. The number of phenolic OH excluding ortho intramolecular Hbond substituents is 1. The van der Waals surface area contributed by atoms with Crippen LogP contribution in [0.25, 0.3) is 0 Å². The Morgan fingerprint density at radius 3 is 3.00 bits per heavy atom. The second-order valence-electron chi connectivity index (χ2n) is 6.05. The Kier molecular flexibility index (Phi) is 4.65. The van der Waals surface area contributed by atoms with E-state index in [9.17, 15) is 15.0 Å². The van der Waals surface area contributed by atoms with E-state index in [2.05, 4.69) is 12.2 Å². The third-order valence-corrected chi connectivity index (χ3v) is 3.96. The Bertz CT molecular complexity index is 475. The monoisotopic (exact) mass is 277 g/mol. The molecule has 1 aromatic carbocycles. The van der Waals surface area contributed by atoms with Crippen LogP contribution in [0.4, 0.5) is 0 Å². The van der Waals surface area contributed by atoms with E-state index in [-0.39, 0.29) is 18.1 Å². The minimum atomic E-state index is -0.758. The van der Waals surface area contributed by atoms with Gasteiger partial charge in [0.1, 0.15) is 5.75 Å². The molecule has 1 aliphatic rings. The van der Waals surface area contributed by atoms with Crippen molar-refractivity contribution in [2.75, 3.05) is 6.54 Å². The first-order valence-corrected chi connectivity index (χ1v) is 7.24. The fraction of sp³-hybridized carbons (Fsp3) is 0.562. The second-order valence-corrected chi connectivity index (χ2v) is 6.05. The molecule has 4 heteroatoms. The van der Waals surface area contributed by atoms with Gasteiger partial charge in [0.2, 0.25) is 5.91 Å². The van der Waals surface area contributed by atoms with Crippen LogP contribution < -0.4 is 5.32 Å². The van der Waals surface area contributed by atoms with Crippen molar-refractivity contribution >= 4 is 5.91 Å². The van der Waals surface area contributed by atoms with Crippen LogP contribution in [0.15, 0.2) is 24.3 Å². The van der Waals surface area contributed by atoms with E-state index < -0.39 is 5.60 Å². The summed E-state index contributed by atoms with van der Waals surface area (Å²) in [4.78, 5) is 11.9. The van der Waals surface area contributed by atoms with E-state index >= 15 is 0 Å². The van der Waals surface area contributed by atoms with Gasteiger partial charge in [0.05, 0.1) is 12.0 Å². The summed E-state index contributed by atoms with van der Waals surface area (Å²) >= 11 is 0. The van der Waals surface area contributed by atoms with E-state index in [1.165, 1.54) is 0 Å². The van der Waals surface area contributed by atoms with Crippen LogP contribution in [0.5, 0.6) is 5.75 Å². The zero-order valence-corrected chi connectivity index (χ0v) is 11.9. The SMILES string of the molecule is CC1CCCC(O)(CNC(=O)Cc2cccc(O)c2)C1. The predicted molar refractivity (Wildman–Crippen MR) is 77.4 cm³/mol. The highest BCUT2D eigenvalue weighted by Crippen LogP contribution is 2.31. The van der Waals surface area contributed by atoms with Gasteiger partial charge in [0.15, 0.2) is 0 Å². The van der Waals surface area contributed by atoms with Crippen molar-refractivity contribution in [1.29, 1.82) is 0 Å². The highest BCUT2D eigenvalue weighted by Gasteiger charge is 2.32. The summed E-state index contributed by atoms with van der Waals surface area (Å²) in [5.41, 5.74) is 0.0121. The van der Waals surface area contributed by atoms with Crippen LogP contribution in [0.3, 0.4) is 0 Å². The maximum absolute atomic E-state index is 11.9. The molecule has 110 valence electrons. The largest absolute Gasteiger partial charge is 0.508 e. The van der Waals surface area contributed by atoms with Crippen LogP contribution in [-0.4, -0.2) is 28.3 Å². The predicted octanol–water partition coefficient (Wildman–Crippen LogP) is 1.99. The van der Waals surface area contributed by atoms with Gasteiger partial charge < -0.3 is 15.5 Å². The van der Waals surface area contributed by atoms with Crippen molar-refractivity contribution in [3.05, 3.63) is 29.8 Å². The molecule has 0 radical (unpaired) electrons. The average molecular weight is 277 g/mol. The fourth-order valence-corrected chi connectivity index (χ4v) is 2.97. The Morgan fingerprint density at radius 2 is 2.30 bits per heavy atom. The van der Waals surface area contributed by atoms with Crippen LogP contribution in [-0.2, 0) is 11.2 Å². The van der Waals surface area contributed by atoms with Crippen molar-refractivity contribution in [3.8, 4) is 5.75 Å². The van der Waals surface area contributed by atoms with Gasteiger partial charge in [-0.3, -0.25) is 4.79 Å². The molecule has 0 heterocycles. The zero-order chi connectivity index (χ0) is 14.6. The standard InChI is InChI=1S/C16H23NO3/c1-12-4-3-7-16(20,10-12)11-17-15(19)9-13-5-2-6-14(18)8-13/h2,5-6,8,12,18,20H,3-4,7,9-11H2,1H3,(H,17,19). The molecule has 0 saturated heterocycles. The highest BCUT2D eigenvalue weighted by molar-refractivity contribution is 5.78. The van der Waals surface area contributed by atoms with E-state index in [0.717, 1.165) is 31.2 Å². The molecule has 3 N–H and O–H groups in total. The Balaban J connectivity index is 1.83. The number of hydrogen-bond acceptors (Lipinski definition) is 3. The Morgan fingerprint density at radius 1 is 1.50 bits per heavy atom. The van der Waals surface area contributed by atoms with E-state index in [0.29, 0.717) is 12.5 Å². The highest BCUT2D eigenvalue weighted by atomic mass is 16.3. The van der Waals surface area contributed by atoms with Crippen molar-refractivity contribution in [2.24, 2.45) is 5.92 Å². The lowest BCUT2D eigenvalue weighted by atomic mass is 9.79. The first kappa shape index (κ1) is 14.9. The molecule has 0 spiro atoms. The number of carbonyl (C=O) groups excluding carboxylic acids is 1. The van der Waals surface area contributed by atoms with Gasteiger partial charge in [-0.05, 0) is 36.5 Å². The number of nitrogens with one attached hydrogen (secondary N) is 1. The summed E-state index contributed by atoms with van der Waals surface area (Å²) in [6.07, 6.45) is 3.89. The van der Waals surface area contributed by atoms with E-state index in [1.807, 2.05) is 0 Å². The van der Waals surface area contributed by atoms with Crippen molar-refractivity contribution < 1.29 is 15.0 Å². The van der Waals surface area contributed by atoms with E-state index in [4.69, 9.17) is 0 Å². The number of rotatable bonds is 4. The number of phenols is 1. The molecule has 1 fully saturated rings. The lowest BCUT2D eigenvalue weighted by molar-refractivity contribution is -0.122. The van der Waals surface area contributed by atoms with Gasteiger partial charge in [0, 0.05) is 6.54 Å². The second kappa shape index (κ2) is 6.27. The normalized spacial score (nSPS) is 26.2. The van der Waals surface area contributed by atoms with Crippen molar-refractivity contribution in [1.82, 2.24) is 5.32 Å². The van der Waals surface area contributed by atoms with Crippen LogP contribution in [0, 0.1) is 5.92 Å². The van der Waals surface area contributed by atoms with Crippen LogP contribution >= 0.6 is 0 Å². The molecule has 0 aliphatic heterocycles. The minimum absolute atomic E-state index is 0.123. The van der Waals surface area contributed by atoms with Gasteiger partial charge in [-0.15, -0.1) is 0 Å². The quantitative estimate of drug-likeness (QED) is 0.788. The lowest BCUT2D eigenvalue weighted by Crippen LogP contribution is -2.46. The summed E-state index contributed by atoms with van der Waals surface area (Å²) in [6.45, 7) is 2.45. The first-order valence-electron chi connectivity index (χ1n) is 7.24. The Labute approximate surface area is 119 Å². The molecule has 0 aromatic heterocycles. The topological polar surface area (TPSA) is 69.6 Å². The fourth-order valence-electron chi connectivity index (χ4n) is 2.97. The summed E-state index contributed by atoms with van der Waals surface area (Å²) in [5.74, 6) is 0.550. The molecule has 2 unspecified atom stereocenters. The molecular formula is C16H23NO3. The number of carbonyl (C=O) groups is 1. The molecule has 4 nitrogen and oxygen atoms in total. The maximum Gasteiger partial charge on any atom is 0.224 e. The molecule has 1 aliphatic carbocycles. The molecule has 0 bridgehead atoms. The van der Waals surface area contributed by atoms with Crippen LogP contribution in [0.1, 0.15) is 38.2 Å². The molecule has 2 rings (SSSR count). The van der Waals surface area contributed by atoms with Crippen molar-refractivity contribution in [2.45, 2.75) is 44.6 Å². The summed E-state index contributed by atoms with van der Waals surface area (Å²) < 4.78 is 0. The smallest absolute Gasteiger partial charge is 0.224 e.